The molecule has 1 fully saturated rings. The monoisotopic (exact) mass is 548 g/mol. The summed E-state index contributed by atoms with van der Waals surface area (Å²) in [5, 5.41) is 2.66. The molecule has 1 atom stereocenters. The molecule has 4 rings (SSSR count). The van der Waals surface area contributed by atoms with Crippen molar-refractivity contribution < 1.29 is 31.1 Å². The molecule has 0 spiro atoms. The first-order valence-electron chi connectivity index (χ1n) is 11.9. The van der Waals surface area contributed by atoms with Crippen LogP contribution in [-0.2, 0) is 33.8 Å². The molecule has 0 bridgehead atoms. The lowest BCUT2D eigenvalue weighted by Crippen LogP contribution is -2.31. The van der Waals surface area contributed by atoms with Gasteiger partial charge in [0.2, 0.25) is 5.43 Å². The maximum absolute atomic E-state index is 13.5. The van der Waals surface area contributed by atoms with Gasteiger partial charge in [-0.1, -0.05) is 24.3 Å². The summed E-state index contributed by atoms with van der Waals surface area (Å²) in [4.78, 5) is 26.8. The lowest BCUT2D eigenvalue weighted by Gasteiger charge is -2.20. The molecule has 0 saturated carbocycles. The second-order valence-corrected chi connectivity index (χ2v) is 11.4. The molecule has 1 aliphatic rings. The zero-order valence-corrected chi connectivity index (χ0v) is 21.7. The lowest BCUT2D eigenvalue weighted by atomic mass is 9.98. The van der Waals surface area contributed by atoms with Gasteiger partial charge < -0.3 is 14.6 Å². The number of ether oxygens (including phenoxy) is 1. The van der Waals surface area contributed by atoms with Gasteiger partial charge in [0.1, 0.15) is 5.56 Å². The number of amides is 1. The molecule has 1 aromatic heterocycles. The van der Waals surface area contributed by atoms with Gasteiger partial charge in [-0.2, -0.15) is 13.2 Å². The Labute approximate surface area is 218 Å². The summed E-state index contributed by atoms with van der Waals surface area (Å²) in [6.45, 7) is 3.21. The molecule has 3 aromatic rings. The first kappa shape index (κ1) is 27.6. The summed E-state index contributed by atoms with van der Waals surface area (Å²) in [6.07, 6.45) is -1.28. The van der Waals surface area contributed by atoms with Crippen LogP contribution in [0.15, 0.2) is 64.4 Å². The Hall–Kier alpha value is -3.44. The average Bonchev–Trinajstić information content (AvgIpc) is 3.37. The minimum atomic E-state index is -4.59. The van der Waals surface area contributed by atoms with E-state index in [0.717, 1.165) is 24.8 Å². The Morgan fingerprint density at radius 1 is 1.16 bits per heavy atom. The molecule has 38 heavy (non-hydrogen) atoms. The van der Waals surface area contributed by atoms with Crippen molar-refractivity contribution in [3.8, 4) is 11.1 Å². The minimum absolute atomic E-state index is 0.0194. The van der Waals surface area contributed by atoms with Crippen LogP contribution < -0.4 is 10.7 Å². The second kappa shape index (κ2) is 10.7. The number of pyridine rings is 1. The first-order chi connectivity index (χ1) is 17.8. The van der Waals surface area contributed by atoms with E-state index in [1.165, 1.54) is 30.5 Å². The SMILES string of the molecule is Cc1c(-c2cccc(C(F)(F)F)c2)c(=O)c(C(=O)NCc2ccc(S(C)(=O)=O)cc2)cn1CC1CCOC1. The number of hydrogen-bond acceptors (Lipinski definition) is 5. The molecule has 2 heterocycles. The fraction of sp³-hybridized carbons (Fsp3) is 0.333. The van der Waals surface area contributed by atoms with Crippen molar-refractivity contribution in [1.29, 1.82) is 0 Å². The first-order valence-corrected chi connectivity index (χ1v) is 13.8. The van der Waals surface area contributed by atoms with Gasteiger partial charge in [-0.15, -0.1) is 0 Å². The molecule has 202 valence electrons. The van der Waals surface area contributed by atoms with E-state index in [1.807, 2.05) is 0 Å². The van der Waals surface area contributed by atoms with E-state index in [0.29, 0.717) is 31.0 Å². The predicted molar refractivity (Wildman–Crippen MR) is 136 cm³/mol. The average molecular weight is 549 g/mol. The van der Waals surface area contributed by atoms with Gasteiger partial charge in [0, 0.05) is 49.3 Å². The highest BCUT2D eigenvalue weighted by atomic mass is 32.2. The number of nitrogens with one attached hydrogen (secondary N) is 1. The molecule has 11 heteroatoms. The van der Waals surface area contributed by atoms with Crippen molar-refractivity contribution in [3.05, 3.63) is 87.3 Å². The van der Waals surface area contributed by atoms with Crippen LogP contribution in [-0.4, -0.2) is 38.4 Å². The highest BCUT2D eigenvalue weighted by Gasteiger charge is 2.31. The third kappa shape index (κ3) is 6.16. The summed E-state index contributed by atoms with van der Waals surface area (Å²) < 4.78 is 70.7. The number of nitrogens with zero attached hydrogens (tertiary/aromatic N) is 1. The number of alkyl halides is 3. The number of hydrogen-bond donors (Lipinski definition) is 1. The van der Waals surface area contributed by atoms with Crippen molar-refractivity contribution in [2.45, 2.75) is 37.5 Å². The van der Waals surface area contributed by atoms with E-state index in [-0.39, 0.29) is 34.0 Å². The molecule has 1 saturated heterocycles. The number of halogens is 3. The summed E-state index contributed by atoms with van der Waals surface area (Å²) >= 11 is 0. The van der Waals surface area contributed by atoms with E-state index in [9.17, 15) is 31.2 Å². The molecule has 0 radical (unpaired) electrons. The van der Waals surface area contributed by atoms with E-state index >= 15 is 0 Å². The molecule has 0 aliphatic carbocycles. The van der Waals surface area contributed by atoms with Gasteiger partial charge in [0.15, 0.2) is 9.84 Å². The van der Waals surface area contributed by atoms with Crippen LogP contribution in [0, 0.1) is 12.8 Å². The van der Waals surface area contributed by atoms with Crippen LogP contribution >= 0.6 is 0 Å². The van der Waals surface area contributed by atoms with Gasteiger partial charge in [0.05, 0.1) is 17.1 Å². The number of carbonyl (C=O) groups is 1. The largest absolute Gasteiger partial charge is 0.416 e. The Morgan fingerprint density at radius 2 is 1.87 bits per heavy atom. The molecule has 1 N–H and O–H groups in total. The van der Waals surface area contributed by atoms with Gasteiger partial charge in [-0.25, -0.2) is 8.42 Å². The number of carbonyl (C=O) groups excluding carboxylic acids is 1. The third-order valence-corrected chi connectivity index (χ3v) is 7.68. The molecule has 1 unspecified atom stereocenters. The highest BCUT2D eigenvalue weighted by molar-refractivity contribution is 7.90. The quantitative estimate of drug-likeness (QED) is 0.478. The third-order valence-electron chi connectivity index (χ3n) is 6.56. The molecule has 7 nitrogen and oxygen atoms in total. The zero-order valence-electron chi connectivity index (χ0n) is 20.8. The Bertz CT molecular complexity index is 1510. The second-order valence-electron chi connectivity index (χ2n) is 9.39. The Morgan fingerprint density at radius 3 is 2.47 bits per heavy atom. The number of aromatic nitrogens is 1. The van der Waals surface area contributed by atoms with Gasteiger partial charge in [-0.05, 0) is 48.7 Å². The Kier molecular flexibility index (Phi) is 7.80. The van der Waals surface area contributed by atoms with Crippen LogP contribution in [0.2, 0.25) is 0 Å². The Balaban J connectivity index is 1.70. The van der Waals surface area contributed by atoms with Crippen molar-refractivity contribution in [2.24, 2.45) is 5.92 Å². The molecule has 1 aliphatic heterocycles. The summed E-state index contributed by atoms with van der Waals surface area (Å²) in [7, 11) is -3.37. The van der Waals surface area contributed by atoms with E-state index in [1.54, 1.807) is 23.6 Å². The summed E-state index contributed by atoms with van der Waals surface area (Å²) in [5.41, 5.74) is -0.601. The zero-order chi connectivity index (χ0) is 27.7. The van der Waals surface area contributed by atoms with Crippen molar-refractivity contribution in [3.63, 3.8) is 0 Å². The number of sulfone groups is 1. The van der Waals surface area contributed by atoms with Crippen LogP contribution in [0.5, 0.6) is 0 Å². The van der Waals surface area contributed by atoms with E-state index in [4.69, 9.17) is 4.74 Å². The molecular formula is C27H27F3N2O5S. The lowest BCUT2D eigenvalue weighted by molar-refractivity contribution is -0.137. The van der Waals surface area contributed by atoms with Crippen molar-refractivity contribution >= 4 is 15.7 Å². The number of benzene rings is 2. The maximum atomic E-state index is 13.5. The van der Waals surface area contributed by atoms with Crippen LogP contribution in [0.4, 0.5) is 13.2 Å². The fourth-order valence-electron chi connectivity index (χ4n) is 4.43. The predicted octanol–water partition coefficient (Wildman–Crippen LogP) is 4.21. The molecule has 1 amide bonds. The van der Waals surface area contributed by atoms with Crippen LogP contribution in [0.3, 0.4) is 0 Å². The smallest absolute Gasteiger partial charge is 0.381 e. The van der Waals surface area contributed by atoms with Gasteiger partial charge in [0.25, 0.3) is 5.91 Å². The summed E-state index contributed by atoms with van der Waals surface area (Å²) in [6, 6.07) is 10.5. The van der Waals surface area contributed by atoms with Crippen LogP contribution in [0.25, 0.3) is 11.1 Å². The summed E-state index contributed by atoms with van der Waals surface area (Å²) in [5.74, 6) is -0.554. The molecule has 2 aromatic carbocycles. The standard InChI is InChI=1S/C27H27F3N2O5S/c1-17-24(20-4-3-5-21(12-20)27(28,29)30)25(33)23(15-32(17)14-19-10-11-37-16-19)26(34)31-13-18-6-8-22(9-7-18)38(2,35)36/h3-9,12,15,19H,10-11,13-14,16H2,1-2H3,(H,31,34). The van der Waals surface area contributed by atoms with E-state index in [2.05, 4.69) is 5.32 Å². The number of rotatable bonds is 7. The highest BCUT2D eigenvalue weighted by Crippen LogP contribution is 2.32. The van der Waals surface area contributed by atoms with Crippen LogP contribution in [0.1, 0.15) is 33.6 Å². The normalized spacial score (nSPS) is 16.0. The van der Waals surface area contributed by atoms with Gasteiger partial charge in [-0.3, -0.25) is 9.59 Å². The van der Waals surface area contributed by atoms with Crippen molar-refractivity contribution in [2.75, 3.05) is 19.5 Å². The minimum Gasteiger partial charge on any atom is -0.381 e. The molecular weight excluding hydrogens is 521 g/mol. The topological polar surface area (TPSA) is 94.5 Å². The van der Waals surface area contributed by atoms with Crippen molar-refractivity contribution in [1.82, 2.24) is 9.88 Å². The van der Waals surface area contributed by atoms with Gasteiger partial charge >= 0.3 is 6.18 Å². The fourth-order valence-corrected chi connectivity index (χ4v) is 5.06. The maximum Gasteiger partial charge on any atom is 0.416 e. The van der Waals surface area contributed by atoms with E-state index < -0.39 is 32.9 Å².